The second-order valence-corrected chi connectivity index (χ2v) is 4.44. The van der Waals surface area contributed by atoms with Crippen molar-refractivity contribution in [2.24, 2.45) is 11.8 Å². The quantitative estimate of drug-likeness (QED) is 0.653. The second kappa shape index (κ2) is 9.02. The fraction of sp³-hybridized carbons (Fsp3) is 0.846. The average molecular weight is 243 g/mol. The van der Waals surface area contributed by atoms with Gasteiger partial charge in [-0.05, 0) is 19.3 Å². The smallest absolute Gasteiger partial charge is 0.308 e. The molecule has 1 amide bonds. The summed E-state index contributed by atoms with van der Waals surface area (Å²) in [6.07, 6.45) is 4.37. The molecule has 0 aliphatic carbocycles. The van der Waals surface area contributed by atoms with Crippen LogP contribution in [-0.4, -0.2) is 23.5 Å². The van der Waals surface area contributed by atoms with Crippen molar-refractivity contribution in [3.8, 4) is 0 Å². The highest BCUT2D eigenvalue weighted by molar-refractivity contribution is 5.79. The maximum absolute atomic E-state index is 11.8. The average Bonchev–Trinajstić information content (AvgIpc) is 2.30. The molecule has 4 nitrogen and oxygen atoms in total. The van der Waals surface area contributed by atoms with Crippen molar-refractivity contribution in [2.45, 2.75) is 52.9 Å². The molecular formula is C13H25NO3. The van der Waals surface area contributed by atoms with Gasteiger partial charge in [-0.2, -0.15) is 0 Å². The minimum Gasteiger partial charge on any atom is -0.481 e. The molecule has 0 aliphatic rings. The lowest BCUT2D eigenvalue weighted by Crippen LogP contribution is -2.36. The Kier molecular flexibility index (Phi) is 8.46. The summed E-state index contributed by atoms with van der Waals surface area (Å²) in [6, 6.07) is 0. The highest BCUT2D eigenvalue weighted by atomic mass is 16.4. The number of amides is 1. The summed E-state index contributed by atoms with van der Waals surface area (Å²) in [7, 11) is 0. The van der Waals surface area contributed by atoms with E-state index in [2.05, 4.69) is 12.2 Å². The fourth-order valence-corrected chi connectivity index (χ4v) is 1.75. The lowest BCUT2D eigenvalue weighted by atomic mass is 9.98. The Morgan fingerprint density at radius 2 is 1.71 bits per heavy atom. The predicted molar refractivity (Wildman–Crippen MR) is 67.7 cm³/mol. The van der Waals surface area contributed by atoms with Crippen LogP contribution in [0.1, 0.15) is 52.9 Å². The third kappa shape index (κ3) is 6.29. The van der Waals surface area contributed by atoms with Crippen molar-refractivity contribution in [2.75, 3.05) is 6.54 Å². The van der Waals surface area contributed by atoms with E-state index in [0.717, 1.165) is 25.7 Å². The molecule has 0 saturated carbocycles. The van der Waals surface area contributed by atoms with E-state index in [1.165, 1.54) is 0 Å². The van der Waals surface area contributed by atoms with Gasteiger partial charge in [-0.3, -0.25) is 9.59 Å². The lowest BCUT2D eigenvalue weighted by Gasteiger charge is -2.16. The zero-order valence-electron chi connectivity index (χ0n) is 11.2. The van der Waals surface area contributed by atoms with Crippen LogP contribution in [0.2, 0.25) is 0 Å². The molecule has 0 radical (unpaired) electrons. The summed E-state index contributed by atoms with van der Waals surface area (Å²) in [4.78, 5) is 22.6. The Labute approximate surface area is 104 Å². The molecule has 2 unspecified atom stereocenters. The Hall–Kier alpha value is -1.06. The van der Waals surface area contributed by atoms with Gasteiger partial charge in [0.15, 0.2) is 0 Å². The van der Waals surface area contributed by atoms with Gasteiger partial charge in [-0.25, -0.2) is 0 Å². The minimum atomic E-state index is -0.839. The van der Waals surface area contributed by atoms with Crippen LogP contribution in [0.3, 0.4) is 0 Å². The molecule has 0 saturated heterocycles. The lowest BCUT2D eigenvalue weighted by molar-refractivity contribution is -0.141. The van der Waals surface area contributed by atoms with Gasteiger partial charge in [0.05, 0.1) is 5.92 Å². The van der Waals surface area contributed by atoms with Crippen LogP contribution < -0.4 is 5.32 Å². The first kappa shape index (κ1) is 15.9. The third-order valence-electron chi connectivity index (χ3n) is 3.13. The fourth-order valence-electron chi connectivity index (χ4n) is 1.75. The molecule has 0 heterocycles. The normalized spacial score (nSPS) is 14.1. The van der Waals surface area contributed by atoms with Gasteiger partial charge < -0.3 is 10.4 Å². The van der Waals surface area contributed by atoms with Gasteiger partial charge in [0, 0.05) is 12.5 Å². The van der Waals surface area contributed by atoms with Crippen LogP contribution in [-0.2, 0) is 9.59 Å². The number of nitrogens with one attached hydrogen (secondary N) is 1. The number of aliphatic carboxylic acids is 1. The molecule has 0 bridgehead atoms. The number of carboxylic acids is 1. The summed E-state index contributed by atoms with van der Waals surface area (Å²) < 4.78 is 0. The Morgan fingerprint density at radius 1 is 1.12 bits per heavy atom. The molecule has 0 aromatic rings. The van der Waals surface area contributed by atoms with Crippen molar-refractivity contribution in [3.63, 3.8) is 0 Å². The first-order chi connectivity index (χ1) is 8.06. The zero-order valence-corrected chi connectivity index (χ0v) is 11.2. The molecule has 4 heteroatoms. The van der Waals surface area contributed by atoms with E-state index < -0.39 is 11.9 Å². The molecule has 0 aromatic carbocycles. The zero-order chi connectivity index (χ0) is 13.3. The summed E-state index contributed by atoms with van der Waals surface area (Å²) in [5.74, 6) is -1.28. The second-order valence-electron chi connectivity index (χ2n) is 4.44. The Bertz CT molecular complexity index is 241. The van der Waals surface area contributed by atoms with E-state index in [4.69, 9.17) is 5.11 Å². The van der Waals surface area contributed by atoms with Crippen molar-refractivity contribution in [1.82, 2.24) is 5.32 Å². The minimum absolute atomic E-state index is 0.000602. The highest BCUT2D eigenvalue weighted by Gasteiger charge is 2.19. The summed E-state index contributed by atoms with van der Waals surface area (Å²) in [6.45, 7) is 6.16. The van der Waals surface area contributed by atoms with Crippen LogP contribution in [0.15, 0.2) is 0 Å². The van der Waals surface area contributed by atoms with E-state index in [-0.39, 0.29) is 18.4 Å². The molecular weight excluding hydrogens is 218 g/mol. The van der Waals surface area contributed by atoms with Crippen molar-refractivity contribution in [1.29, 1.82) is 0 Å². The van der Waals surface area contributed by atoms with Gasteiger partial charge in [0.1, 0.15) is 0 Å². The maximum atomic E-state index is 11.8. The van der Waals surface area contributed by atoms with Crippen LogP contribution >= 0.6 is 0 Å². The molecule has 17 heavy (non-hydrogen) atoms. The van der Waals surface area contributed by atoms with Crippen molar-refractivity contribution in [3.05, 3.63) is 0 Å². The molecule has 0 aliphatic heterocycles. The molecule has 0 aromatic heterocycles. The maximum Gasteiger partial charge on any atom is 0.308 e. The molecule has 100 valence electrons. The van der Waals surface area contributed by atoms with Crippen molar-refractivity contribution >= 4 is 11.9 Å². The van der Waals surface area contributed by atoms with Crippen LogP contribution in [0.5, 0.6) is 0 Å². The van der Waals surface area contributed by atoms with Crippen LogP contribution in [0, 0.1) is 11.8 Å². The van der Waals surface area contributed by atoms with E-state index in [1.807, 2.05) is 13.8 Å². The molecule has 0 fully saturated rings. The van der Waals surface area contributed by atoms with Crippen LogP contribution in [0.4, 0.5) is 0 Å². The Morgan fingerprint density at radius 3 is 2.12 bits per heavy atom. The topological polar surface area (TPSA) is 66.4 Å². The molecule has 2 N–H and O–H groups in total. The predicted octanol–water partition coefficient (Wildman–Crippen LogP) is 2.43. The number of hydrogen-bond acceptors (Lipinski definition) is 2. The number of hydrogen-bond donors (Lipinski definition) is 2. The van der Waals surface area contributed by atoms with E-state index in [1.54, 1.807) is 0 Å². The number of carbonyl (C=O) groups excluding carboxylic acids is 1. The van der Waals surface area contributed by atoms with E-state index in [0.29, 0.717) is 6.42 Å². The third-order valence-corrected chi connectivity index (χ3v) is 3.13. The van der Waals surface area contributed by atoms with E-state index in [9.17, 15) is 9.59 Å². The van der Waals surface area contributed by atoms with Crippen molar-refractivity contribution < 1.29 is 14.7 Å². The molecule has 2 atom stereocenters. The number of carboxylic acid groups (broad SMARTS) is 1. The summed E-state index contributed by atoms with van der Waals surface area (Å²) >= 11 is 0. The van der Waals surface area contributed by atoms with Gasteiger partial charge >= 0.3 is 5.97 Å². The van der Waals surface area contributed by atoms with E-state index >= 15 is 0 Å². The highest BCUT2D eigenvalue weighted by Crippen LogP contribution is 2.13. The standard InChI is InChI=1S/C13H25NO3/c1-4-7-8-10(5-2)12(15)14-9-11(6-3)13(16)17/h10-11H,4-9H2,1-3H3,(H,14,15)(H,16,17). The van der Waals surface area contributed by atoms with Gasteiger partial charge in [-0.15, -0.1) is 0 Å². The van der Waals surface area contributed by atoms with Gasteiger partial charge in [-0.1, -0.05) is 33.6 Å². The van der Waals surface area contributed by atoms with Gasteiger partial charge in [0.2, 0.25) is 5.91 Å². The summed E-state index contributed by atoms with van der Waals surface area (Å²) in [5.41, 5.74) is 0. The Balaban J connectivity index is 4.08. The molecule has 0 spiro atoms. The number of carbonyl (C=O) groups is 2. The van der Waals surface area contributed by atoms with Crippen LogP contribution in [0.25, 0.3) is 0 Å². The molecule has 0 rings (SSSR count). The summed E-state index contributed by atoms with van der Waals surface area (Å²) in [5, 5.41) is 11.6. The largest absolute Gasteiger partial charge is 0.481 e. The van der Waals surface area contributed by atoms with Gasteiger partial charge in [0.25, 0.3) is 0 Å². The SMILES string of the molecule is CCCCC(CC)C(=O)NCC(CC)C(=O)O. The number of rotatable bonds is 9. The monoisotopic (exact) mass is 243 g/mol. The first-order valence-electron chi connectivity index (χ1n) is 6.57. The first-order valence-corrected chi connectivity index (χ1v) is 6.57. The number of unbranched alkanes of at least 4 members (excludes halogenated alkanes) is 1.